The van der Waals surface area contributed by atoms with E-state index in [2.05, 4.69) is 22.2 Å². The van der Waals surface area contributed by atoms with Gasteiger partial charge in [0.1, 0.15) is 11.5 Å². The predicted molar refractivity (Wildman–Crippen MR) is 115 cm³/mol. The summed E-state index contributed by atoms with van der Waals surface area (Å²) in [6.07, 6.45) is 0. The van der Waals surface area contributed by atoms with Gasteiger partial charge in [-0.05, 0) is 37.4 Å². The van der Waals surface area contributed by atoms with Crippen molar-refractivity contribution in [3.8, 4) is 11.5 Å². The predicted octanol–water partition coefficient (Wildman–Crippen LogP) is 2.49. The minimum Gasteiger partial charge on any atom is -0.497 e. The molecule has 8 heteroatoms. The Hall–Kier alpha value is -3.26. The first-order chi connectivity index (χ1) is 14.4. The first-order valence-electron chi connectivity index (χ1n) is 9.65. The Balaban J connectivity index is 1.94. The molecule has 3 rings (SSSR count). The highest BCUT2D eigenvalue weighted by Crippen LogP contribution is 2.30. The van der Waals surface area contributed by atoms with Crippen molar-refractivity contribution in [2.75, 3.05) is 64.8 Å². The van der Waals surface area contributed by atoms with E-state index in [-0.39, 0.29) is 5.91 Å². The molecular weight excluding hydrogens is 386 g/mol. The van der Waals surface area contributed by atoms with E-state index in [1.807, 2.05) is 6.07 Å². The molecule has 0 unspecified atom stereocenters. The Bertz CT molecular complexity index is 901. The third kappa shape index (κ3) is 4.83. The Labute approximate surface area is 176 Å². The molecular formula is C22H27N3O5. The van der Waals surface area contributed by atoms with Crippen molar-refractivity contribution in [1.82, 2.24) is 4.90 Å². The highest BCUT2D eigenvalue weighted by Gasteiger charge is 2.21. The number of nitrogens with one attached hydrogen (secondary N) is 1. The highest BCUT2D eigenvalue weighted by molar-refractivity contribution is 6.07. The molecule has 1 heterocycles. The zero-order valence-corrected chi connectivity index (χ0v) is 17.7. The second kappa shape index (κ2) is 9.49. The number of benzene rings is 2. The monoisotopic (exact) mass is 413 g/mol. The van der Waals surface area contributed by atoms with E-state index in [4.69, 9.17) is 14.2 Å². The maximum Gasteiger partial charge on any atom is 0.337 e. The van der Waals surface area contributed by atoms with Gasteiger partial charge in [-0.25, -0.2) is 4.79 Å². The van der Waals surface area contributed by atoms with Crippen molar-refractivity contribution in [2.45, 2.75) is 0 Å². The molecule has 2 aromatic carbocycles. The largest absolute Gasteiger partial charge is 0.497 e. The molecule has 0 radical (unpaired) electrons. The summed E-state index contributed by atoms with van der Waals surface area (Å²) in [6.45, 7) is 3.48. The first kappa shape index (κ1) is 21.4. The number of rotatable bonds is 6. The van der Waals surface area contributed by atoms with Crippen LogP contribution in [0.15, 0.2) is 36.4 Å². The van der Waals surface area contributed by atoms with Gasteiger partial charge in [0.05, 0.1) is 38.3 Å². The molecule has 8 nitrogen and oxygen atoms in total. The fraction of sp³-hybridized carbons (Fsp3) is 0.364. The third-order valence-corrected chi connectivity index (χ3v) is 5.12. The molecule has 0 saturated carbocycles. The van der Waals surface area contributed by atoms with Crippen LogP contribution < -0.4 is 19.7 Å². The molecule has 1 aliphatic heterocycles. The fourth-order valence-electron chi connectivity index (χ4n) is 3.34. The highest BCUT2D eigenvalue weighted by atomic mass is 16.5. The number of carbonyl (C=O) groups excluding carboxylic acids is 2. The first-order valence-corrected chi connectivity index (χ1v) is 9.65. The number of nitrogens with zero attached hydrogens (tertiary/aromatic N) is 2. The summed E-state index contributed by atoms with van der Waals surface area (Å²) in [5.41, 5.74) is 2.17. The molecule has 0 bridgehead atoms. The van der Waals surface area contributed by atoms with Crippen LogP contribution in [0.4, 0.5) is 11.4 Å². The second-order valence-corrected chi connectivity index (χ2v) is 7.07. The van der Waals surface area contributed by atoms with E-state index in [0.717, 1.165) is 31.9 Å². The van der Waals surface area contributed by atoms with Crippen molar-refractivity contribution in [2.24, 2.45) is 0 Å². The van der Waals surface area contributed by atoms with Crippen LogP contribution in [-0.2, 0) is 4.74 Å². The maximum absolute atomic E-state index is 13.0. The molecule has 1 saturated heterocycles. The van der Waals surface area contributed by atoms with Crippen molar-refractivity contribution < 1.29 is 23.8 Å². The van der Waals surface area contributed by atoms with Gasteiger partial charge in [-0.2, -0.15) is 0 Å². The van der Waals surface area contributed by atoms with Crippen LogP contribution in [0.2, 0.25) is 0 Å². The summed E-state index contributed by atoms with van der Waals surface area (Å²) >= 11 is 0. The van der Waals surface area contributed by atoms with Gasteiger partial charge >= 0.3 is 5.97 Å². The Morgan fingerprint density at radius 3 is 2.07 bits per heavy atom. The lowest BCUT2D eigenvalue weighted by molar-refractivity contribution is 0.0600. The molecule has 2 aromatic rings. The van der Waals surface area contributed by atoms with Crippen LogP contribution in [0.25, 0.3) is 0 Å². The van der Waals surface area contributed by atoms with Crippen LogP contribution in [0.5, 0.6) is 11.5 Å². The van der Waals surface area contributed by atoms with Crippen molar-refractivity contribution in [3.63, 3.8) is 0 Å². The quantitative estimate of drug-likeness (QED) is 0.729. The molecule has 0 aromatic heterocycles. The maximum atomic E-state index is 13.0. The number of carbonyl (C=O) groups is 2. The molecule has 0 spiro atoms. The van der Waals surface area contributed by atoms with Gasteiger partial charge in [-0.3, -0.25) is 4.79 Å². The van der Waals surface area contributed by atoms with Gasteiger partial charge in [0.25, 0.3) is 5.91 Å². The molecule has 0 atom stereocenters. The summed E-state index contributed by atoms with van der Waals surface area (Å²) < 4.78 is 15.4. The van der Waals surface area contributed by atoms with Crippen LogP contribution >= 0.6 is 0 Å². The van der Waals surface area contributed by atoms with Crippen LogP contribution in [0, 0.1) is 0 Å². The van der Waals surface area contributed by atoms with E-state index in [1.54, 1.807) is 30.3 Å². The summed E-state index contributed by atoms with van der Waals surface area (Å²) in [4.78, 5) is 29.5. The van der Waals surface area contributed by atoms with Crippen LogP contribution in [0.1, 0.15) is 20.7 Å². The summed E-state index contributed by atoms with van der Waals surface area (Å²) in [7, 11) is 6.47. The Morgan fingerprint density at radius 2 is 1.50 bits per heavy atom. The van der Waals surface area contributed by atoms with Gasteiger partial charge in [-0.1, -0.05) is 0 Å². The Kier molecular flexibility index (Phi) is 6.79. The van der Waals surface area contributed by atoms with Crippen molar-refractivity contribution in [3.05, 3.63) is 47.5 Å². The smallest absolute Gasteiger partial charge is 0.337 e. The van der Waals surface area contributed by atoms with Crippen molar-refractivity contribution in [1.29, 1.82) is 0 Å². The van der Waals surface area contributed by atoms with Gasteiger partial charge < -0.3 is 29.3 Å². The number of piperazine rings is 1. The number of esters is 1. The lowest BCUT2D eigenvalue weighted by atomic mass is 10.1. The zero-order valence-electron chi connectivity index (χ0n) is 17.7. The van der Waals surface area contributed by atoms with E-state index < -0.39 is 5.97 Å². The number of anilines is 2. The van der Waals surface area contributed by atoms with Gasteiger partial charge in [-0.15, -0.1) is 0 Å². The molecule has 160 valence electrons. The van der Waals surface area contributed by atoms with E-state index >= 15 is 0 Å². The SMILES string of the molecule is COC(=O)c1ccc(N2CCN(C)CC2)c(NC(=O)c2cc(OC)cc(OC)c2)c1. The van der Waals surface area contributed by atoms with E-state index in [9.17, 15) is 9.59 Å². The molecule has 1 fully saturated rings. The van der Waals surface area contributed by atoms with Gasteiger partial charge in [0, 0.05) is 37.8 Å². The lowest BCUT2D eigenvalue weighted by Crippen LogP contribution is -2.44. The average Bonchev–Trinajstić information content (AvgIpc) is 2.78. The molecule has 1 amide bonds. The van der Waals surface area contributed by atoms with Gasteiger partial charge in [0.2, 0.25) is 0 Å². The van der Waals surface area contributed by atoms with Crippen LogP contribution in [-0.4, -0.2) is 71.3 Å². The standard InChI is InChI=1S/C22H27N3O5/c1-24-7-9-25(10-8-24)20-6-5-15(22(27)30-4)13-19(20)23-21(26)16-11-17(28-2)14-18(12-16)29-3/h5-6,11-14H,7-10H2,1-4H3,(H,23,26). The zero-order chi connectivity index (χ0) is 21.7. The number of hydrogen-bond donors (Lipinski definition) is 1. The molecule has 30 heavy (non-hydrogen) atoms. The molecule has 0 aliphatic carbocycles. The van der Waals surface area contributed by atoms with E-state index in [1.165, 1.54) is 21.3 Å². The molecule has 1 N–H and O–H groups in total. The second-order valence-electron chi connectivity index (χ2n) is 7.07. The van der Waals surface area contributed by atoms with E-state index in [0.29, 0.717) is 28.3 Å². The van der Waals surface area contributed by atoms with Crippen LogP contribution in [0.3, 0.4) is 0 Å². The number of likely N-dealkylation sites (N-methyl/N-ethyl adjacent to an activating group) is 1. The summed E-state index contributed by atoms with van der Waals surface area (Å²) in [6, 6.07) is 10.2. The topological polar surface area (TPSA) is 80.3 Å². The average molecular weight is 413 g/mol. The summed E-state index contributed by atoms with van der Waals surface area (Å²) in [5.74, 6) is 0.243. The van der Waals surface area contributed by atoms with Gasteiger partial charge in [0.15, 0.2) is 0 Å². The minimum atomic E-state index is -0.460. The number of amides is 1. The number of ether oxygens (including phenoxy) is 3. The van der Waals surface area contributed by atoms with Crippen molar-refractivity contribution >= 4 is 23.3 Å². The minimum absolute atomic E-state index is 0.329. The normalized spacial score (nSPS) is 14.2. The third-order valence-electron chi connectivity index (χ3n) is 5.12. The number of methoxy groups -OCH3 is 3. The summed E-state index contributed by atoms with van der Waals surface area (Å²) in [5, 5.41) is 2.94. The lowest BCUT2D eigenvalue weighted by Gasteiger charge is -2.35. The molecule has 1 aliphatic rings. The number of hydrogen-bond acceptors (Lipinski definition) is 7. The fourth-order valence-corrected chi connectivity index (χ4v) is 3.34. The Morgan fingerprint density at radius 1 is 0.867 bits per heavy atom.